The molecule has 0 N–H and O–H groups in total. The van der Waals surface area contributed by atoms with Gasteiger partial charge in [0.15, 0.2) is 5.82 Å². The molecule has 3 aliphatic rings. The van der Waals surface area contributed by atoms with Crippen LogP contribution in [0, 0.1) is 0 Å². The summed E-state index contributed by atoms with van der Waals surface area (Å²) in [7, 11) is 2.15. The maximum Gasteiger partial charge on any atom is 0.227 e. The molecule has 2 aromatic rings. The standard InChI is InChI=1S/C21H29N7O/c1-26(19-5-8-22-21(23-19)28-11-13-29-14-12-28)17-6-9-27(10-7-17)20-15-16-3-2-4-18(16)24-25-20/h5,8,15,17H,2-4,6-7,9-14H2,1H3. The third kappa shape index (κ3) is 3.85. The van der Waals surface area contributed by atoms with Gasteiger partial charge in [-0.15, -0.1) is 5.10 Å². The van der Waals surface area contributed by atoms with Crippen LogP contribution in [0.4, 0.5) is 17.6 Å². The molecule has 8 nitrogen and oxygen atoms in total. The topological polar surface area (TPSA) is 70.5 Å². The van der Waals surface area contributed by atoms with Crippen LogP contribution in [0.2, 0.25) is 0 Å². The van der Waals surface area contributed by atoms with E-state index in [-0.39, 0.29) is 0 Å². The lowest BCUT2D eigenvalue weighted by molar-refractivity contribution is 0.122. The molecular weight excluding hydrogens is 366 g/mol. The number of piperidine rings is 1. The lowest BCUT2D eigenvalue weighted by Gasteiger charge is -2.38. The summed E-state index contributed by atoms with van der Waals surface area (Å²) in [4.78, 5) is 16.2. The van der Waals surface area contributed by atoms with E-state index in [2.05, 4.69) is 43.0 Å². The number of nitrogens with zero attached hydrogens (tertiary/aromatic N) is 7. The number of aryl methyl sites for hydroxylation is 2. The largest absolute Gasteiger partial charge is 0.378 e. The summed E-state index contributed by atoms with van der Waals surface area (Å²) in [5, 5.41) is 8.95. The second kappa shape index (κ2) is 8.10. The van der Waals surface area contributed by atoms with Gasteiger partial charge in [0.2, 0.25) is 5.95 Å². The molecule has 2 fully saturated rings. The molecule has 2 aromatic heterocycles. The van der Waals surface area contributed by atoms with Crippen molar-refractivity contribution in [3.05, 3.63) is 29.6 Å². The van der Waals surface area contributed by atoms with Gasteiger partial charge in [0.05, 0.1) is 18.9 Å². The average molecular weight is 396 g/mol. The summed E-state index contributed by atoms with van der Waals surface area (Å²) in [6.45, 7) is 5.20. The van der Waals surface area contributed by atoms with Crippen LogP contribution in [-0.4, -0.2) is 72.6 Å². The van der Waals surface area contributed by atoms with Crippen LogP contribution < -0.4 is 14.7 Å². The zero-order valence-corrected chi connectivity index (χ0v) is 17.1. The quantitative estimate of drug-likeness (QED) is 0.775. The van der Waals surface area contributed by atoms with E-state index in [1.807, 2.05) is 12.3 Å². The fraction of sp³-hybridized carbons (Fsp3) is 0.619. The number of hydrogen-bond acceptors (Lipinski definition) is 8. The zero-order valence-electron chi connectivity index (χ0n) is 17.1. The van der Waals surface area contributed by atoms with E-state index >= 15 is 0 Å². The molecule has 29 heavy (non-hydrogen) atoms. The van der Waals surface area contributed by atoms with Crippen molar-refractivity contribution in [2.24, 2.45) is 0 Å². The Kier molecular flexibility index (Phi) is 5.18. The first-order valence-electron chi connectivity index (χ1n) is 10.8. The molecule has 0 atom stereocenters. The van der Waals surface area contributed by atoms with E-state index in [4.69, 9.17) is 9.72 Å². The zero-order chi connectivity index (χ0) is 19.6. The normalized spacial score (nSPS) is 20.0. The van der Waals surface area contributed by atoms with E-state index in [0.717, 1.165) is 82.7 Å². The van der Waals surface area contributed by atoms with Crippen LogP contribution in [0.3, 0.4) is 0 Å². The first-order chi connectivity index (χ1) is 14.3. The first kappa shape index (κ1) is 18.5. The number of anilines is 3. The van der Waals surface area contributed by atoms with Crippen LogP contribution in [0.5, 0.6) is 0 Å². The van der Waals surface area contributed by atoms with E-state index < -0.39 is 0 Å². The predicted molar refractivity (Wildman–Crippen MR) is 113 cm³/mol. The van der Waals surface area contributed by atoms with Crippen molar-refractivity contribution in [3.8, 4) is 0 Å². The van der Waals surface area contributed by atoms with E-state index in [0.29, 0.717) is 6.04 Å². The van der Waals surface area contributed by atoms with Crippen molar-refractivity contribution < 1.29 is 4.74 Å². The second-order valence-corrected chi connectivity index (χ2v) is 8.17. The van der Waals surface area contributed by atoms with Crippen LogP contribution in [-0.2, 0) is 17.6 Å². The number of hydrogen-bond donors (Lipinski definition) is 0. The molecule has 5 rings (SSSR count). The van der Waals surface area contributed by atoms with Crippen molar-refractivity contribution in [1.29, 1.82) is 0 Å². The minimum Gasteiger partial charge on any atom is -0.378 e. The highest BCUT2D eigenvalue weighted by Gasteiger charge is 2.26. The Balaban J connectivity index is 1.23. The Morgan fingerprint density at radius 3 is 2.69 bits per heavy atom. The van der Waals surface area contributed by atoms with Gasteiger partial charge in [0.25, 0.3) is 0 Å². The summed E-state index contributed by atoms with van der Waals surface area (Å²) in [5.41, 5.74) is 2.59. The SMILES string of the molecule is CN(c1ccnc(N2CCOCC2)n1)C1CCN(c2cc3c(nn2)CCC3)CC1. The molecule has 1 aliphatic carbocycles. The molecule has 0 bridgehead atoms. The smallest absolute Gasteiger partial charge is 0.227 e. The number of morpholine rings is 1. The molecule has 2 saturated heterocycles. The van der Waals surface area contributed by atoms with Crippen LogP contribution in [0.15, 0.2) is 18.3 Å². The monoisotopic (exact) mass is 395 g/mol. The Hall–Kier alpha value is -2.48. The number of fused-ring (bicyclic) bond motifs is 1. The van der Waals surface area contributed by atoms with Crippen molar-refractivity contribution in [1.82, 2.24) is 20.2 Å². The van der Waals surface area contributed by atoms with E-state index in [9.17, 15) is 0 Å². The van der Waals surface area contributed by atoms with E-state index in [1.165, 1.54) is 17.7 Å². The van der Waals surface area contributed by atoms with Gasteiger partial charge >= 0.3 is 0 Å². The molecule has 0 radical (unpaired) electrons. The van der Waals surface area contributed by atoms with Gasteiger partial charge in [0.1, 0.15) is 5.82 Å². The Bertz CT molecular complexity index is 847. The molecule has 0 saturated carbocycles. The molecule has 4 heterocycles. The van der Waals surface area contributed by atoms with E-state index in [1.54, 1.807) is 0 Å². The molecule has 0 aromatic carbocycles. The molecule has 2 aliphatic heterocycles. The summed E-state index contributed by atoms with van der Waals surface area (Å²) < 4.78 is 5.44. The summed E-state index contributed by atoms with van der Waals surface area (Å²) >= 11 is 0. The van der Waals surface area contributed by atoms with Crippen LogP contribution in [0.1, 0.15) is 30.5 Å². The fourth-order valence-electron chi connectivity index (χ4n) is 4.59. The number of aromatic nitrogens is 4. The van der Waals surface area contributed by atoms with Crippen molar-refractivity contribution >= 4 is 17.6 Å². The molecule has 0 spiro atoms. The summed E-state index contributed by atoms with van der Waals surface area (Å²) in [5.74, 6) is 2.85. The Labute approximate surface area is 171 Å². The third-order valence-electron chi connectivity index (χ3n) is 6.43. The molecule has 0 amide bonds. The van der Waals surface area contributed by atoms with Gasteiger partial charge in [-0.25, -0.2) is 4.98 Å². The number of ether oxygens (including phenoxy) is 1. The minimum atomic E-state index is 0.473. The van der Waals surface area contributed by atoms with Crippen molar-refractivity contribution in [3.63, 3.8) is 0 Å². The van der Waals surface area contributed by atoms with Gasteiger partial charge < -0.3 is 19.4 Å². The minimum absolute atomic E-state index is 0.473. The van der Waals surface area contributed by atoms with Crippen molar-refractivity contribution in [2.75, 3.05) is 61.1 Å². The van der Waals surface area contributed by atoms with Crippen molar-refractivity contribution in [2.45, 2.75) is 38.1 Å². The van der Waals surface area contributed by atoms with Gasteiger partial charge in [-0.05, 0) is 49.8 Å². The van der Waals surface area contributed by atoms with Crippen LogP contribution >= 0.6 is 0 Å². The second-order valence-electron chi connectivity index (χ2n) is 8.17. The summed E-state index contributed by atoms with van der Waals surface area (Å²) in [6.07, 6.45) is 7.50. The van der Waals surface area contributed by atoms with Gasteiger partial charge in [-0.1, -0.05) is 0 Å². The number of rotatable bonds is 4. The van der Waals surface area contributed by atoms with Gasteiger partial charge in [-0.2, -0.15) is 10.1 Å². The highest BCUT2D eigenvalue weighted by atomic mass is 16.5. The Morgan fingerprint density at radius 1 is 1.03 bits per heavy atom. The lowest BCUT2D eigenvalue weighted by Crippen LogP contribution is -2.44. The molecule has 154 valence electrons. The van der Waals surface area contributed by atoms with Crippen LogP contribution in [0.25, 0.3) is 0 Å². The summed E-state index contributed by atoms with van der Waals surface area (Å²) in [6, 6.07) is 4.75. The Morgan fingerprint density at radius 2 is 1.86 bits per heavy atom. The van der Waals surface area contributed by atoms with Gasteiger partial charge in [-0.3, -0.25) is 0 Å². The highest BCUT2D eigenvalue weighted by Crippen LogP contribution is 2.27. The maximum absolute atomic E-state index is 5.44. The average Bonchev–Trinajstić information content (AvgIpc) is 3.27. The molecule has 0 unspecified atom stereocenters. The first-order valence-corrected chi connectivity index (χ1v) is 10.8. The molecular formula is C21H29N7O. The molecule has 8 heteroatoms. The third-order valence-corrected chi connectivity index (χ3v) is 6.43. The maximum atomic E-state index is 5.44. The fourth-order valence-corrected chi connectivity index (χ4v) is 4.59. The van der Waals surface area contributed by atoms with Gasteiger partial charge in [0, 0.05) is 45.5 Å². The lowest BCUT2D eigenvalue weighted by atomic mass is 10.0. The highest BCUT2D eigenvalue weighted by molar-refractivity contribution is 5.46. The predicted octanol–water partition coefficient (Wildman–Crippen LogP) is 1.70.